The third-order valence-corrected chi connectivity index (χ3v) is 5.39. The fourth-order valence-electron chi connectivity index (χ4n) is 2.61. The summed E-state index contributed by atoms with van der Waals surface area (Å²) < 4.78 is 5.13. The van der Waals surface area contributed by atoms with Gasteiger partial charge < -0.3 is 15.4 Å². The Bertz CT molecular complexity index is 773. The lowest BCUT2D eigenvalue weighted by Gasteiger charge is -2.17. The van der Waals surface area contributed by atoms with Crippen LogP contribution in [0.3, 0.4) is 0 Å². The molecule has 0 aliphatic carbocycles. The maximum Gasteiger partial charge on any atom is 0.243 e. The molecule has 150 valence electrons. The molecule has 0 spiro atoms. The Morgan fingerprint density at radius 3 is 2.21 bits per heavy atom. The predicted molar refractivity (Wildman–Crippen MR) is 114 cm³/mol. The molecule has 0 heterocycles. The van der Waals surface area contributed by atoms with Gasteiger partial charge in [0.1, 0.15) is 11.8 Å². The van der Waals surface area contributed by atoms with Crippen LogP contribution in [0.4, 0.5) is 0 Å². The maximum absolute atomic E-state index is 12.6. The van der Waals surface area contributed by atoms with Crippen molar-refractivity contribution in [1.29, 1.82) is 0 Å². The first kappa shape index (κ1) is 21.8. The van der Waals surface area contributed by atoms with Crippen LogP contribution in [0.5, 0.6) is 5.75 Å². The largest absolute Gasteiger partial charge is 0.497 e. The molecule has 2 amide bonds. The molecule has 1 unspecified atom stereocenters. The van der Waals surface area contributed by atoms with Crippen LogP contribution in [0.2, 0.25) is 0 Å². The average Bonchev–Trinajstić information content (AvgIpc) is 2.69. The van der Waals surface area contributed by atoms with Crippen molar-refractivity contribution in [1.82, 2.24) is 10.6 Å². The van der Waals surface area contributed by atoms with Crippen LogP contribution in [0, 0.1) is 0 Å². The average molecular weight is 401 g/mol. The molecule has 5 nitrogen and oxygen atoms in total. The minimum Gasteiger partial charge on any atom is -0.497 e. The van der Waals surface area contributed by atoms with Crippen LogP contribution in [-0.4, -0.2) is 30.7 Å². The van der Waals surface area contributed by atoms with E-state index in [1.54, 1.807) is 18.9 Å². The van der Waals surface area contributed by atoms with Gasteiger partial charge in [-0.05, 0) is 41.3 Å². The Hall–Kier alpha value is -2.47. The predicted octanol–water partition coefficient (Wildman–Crippen LogP) is 3.73. The second-order valence-corrected chi connectivity index (χ2v) is 7.95. The van der Waals surface area contributed by atoms with Crippen molar-refractivity contribution < 1.29 is 14.3 Å². The fourth-order valence-corrected chi connectivity index (χ4v) is 3.53. The van der Waals surface area contributed by atoms with Gasteiger partial charge in [-0.25, -0.2) is 0 Å². The van der Waals surface area contributed by atoms with Crippen molar-refractivity contribution in [3.05, 3.63) is 59.7 Å². The van der Waals surface area contributed by atoms with Gasteiger partial charge >= 0.3 is 0 Å². The van der Waals surface area contributed by atoms with Crippen LogP contribution < -0.4 is 15.4 Å². The Morgan fingerprint density at radius 1 is 1.04 bits per heavy atom. The number of nitrogens with one attached hydrogen (secondary N) is 2. The van der Waals surface area contributed by atoms with Gasteiger partial charge in [0.05, 0.1) is 7.11 Å². The smallest absolute Gasteiger partial charge is 0.243 e. The standard InChI is InChI=1S/C22H28N2O3S/c1-15(2)18-7-11-20(12-8-18)28-14-21(24-16(3)25)22(26)23-13-17-5-9-19(27-4)10-6-17/h5-12,15,21H,13-14H2,1-4H3,(H,23,26)(H,24,25). The van der Waals surface area contributed by atoms with E-state index in [0.29, 0.717) is 18.2 Å². The number of thioether (sulfide) groups is 1. The number of methoxy groups -OCH3 is 1. The number of carbonyl (C=O) groups is 2. The van der Waals surface area contributed by atoms with E-state index in [0.717, 1.165) is 16.2 Å². The number of amides is 2. The van der Waals surface area contributed by atoms with E-state index in [1.807, 2.05) is 24.3 Å². The van der Waals surface area contributed by atoms with E-state index >= 15 is 0 Å². The third-order valence-electron chi connectivity index (χ3n) is 4.28. The summed E-state index contributed by atoms with van der Waals surface area (Å²) in [6.07, 6.45) is 0. The summed E-state index contributed by atoms with van der Waals surface area (Å²) in [7, 11) is 1.61. The van der Waals surface area contributed by atoms with Crippen molar-refractivity contribution in [2.75, 3.05) is 12.9 Å². The minimum atomic E-state index is -0.592. The van der Waals surface area contributed by atoms with Gasteiger partial charge in [0.15, 0.2) is 0 Å². The monoisotopic (exact) mass is 400 g/mol. The van der Waals surface area contributed by atoms with Crippen LogP contribution in [0.15, 0.2) is 53.4 Å². The van der Waals surface area contributed by atoms with E-state index in [1.165, 1.54) is 12.5 Å². The Kier molecular flexibility index (Phi) is 8.39. The van der Waals surface area contributed by atoms with Gasteiger partial charge in [-0.3, -0.25) is 9.59 Å². The molecule has 2 N–H and O–H groups in total. The van der Waals surface area contributed by atoms with Crippen molar-refractivity contribution >= 4 is 23.6 Å². The minimum absolute atomic E-state index is 0.197. The van der Waals surface area contributed by atoms with Crippen LogP contribution >= 0.6 is 11.8 Å². The van der Waals surface area contributed by atoms with Gasteiger partial charge in [-0.1, -0.05) is 38.1 Å². The summed E-state index contributed by atoms with van der Waals surface area (Å²) in [6.45, 7) is 6.13. The lowest BCUT2D eigenvalue weighted by molar-refractivity contribution is -0.127. The van der Waals surface area contributed by atoms with Gasteiger partial charge in [0, 0.05) is 24.1 Å². The lowest BCUT2D eigenvalue weighted by Crippen LogP contribution is -2.47. The van der Waals surface area contributed by atoms with Crippen molar-refractivity contribution in [3.8, 4) is 5.75 Å². The second kappa shape index (κ2) is 10.8. The Balaban J connectivity index is 1.93. The third kappa shape index (κ3) is 6.93. The van der Waals surface area contributed by atoms with Crippen molar-refractivity contribution in [3.63, 3.8) is 0 Å². The van der Waals surface area contributed by atoms with Crippen LogP contribution in [0.25, 0.3) is 0 Å². The molecule has 0 aliphatic rings. The van der Waals surface area contributed by atoms with Crippen molar-refractivity contribution in [2.45, 2.75) is 44.2 Å². The SMILES string of the molecule is COc1ccc(CNC(=O)C(CSc2ccc(C(C)C)cc2)NC(C)=O)cc1. The summed E-state index contributed by atoms with van der Waals surface area (Å²) in [5.74, 6) is 1.30. The molecule has 0 saturated carbocycles. The highest BCUT2D eigenvalue weighted by atomic mass is 32.2. The zero-order valence-electron chi connectivity index (χ0n) is 16.8. The number of carbonyl (C=O) groups excluding carboxylic acids is 2. The van der Waals surface area contributed by atoms with E-state index in [9.17, 15) is 9.59 Å². The Morgan fingerprint density at radius 2 is 1.68 bits per heavy atom. The van der Waals surface area contributed by atoms with E-state index < -0.39 is 6.04 Å². The molecule has 0 bridgehead atoms. The molecule has 0 aromatic heterocycles. The first-order chi connectivity index (χ1) is 13.4. The summed E-state index contributed by atoms with van der Waals surface area (Å²) in [5.41, 5.74) is 2.24. The van der Waals surface area contributed by atoms with E-state index in [2.05, 4.69) is 48.7 Å². The van der Waals surface area contributed by atoms with E-state index in [-0.39, 0.29) is 11.8 Å². The summed E-state index contributed by atoms with van der Waals surface area (Å²) >= 11 is 1.55. The number of ether oxygens (including phenoxy) is 1. The first-order valence-corrected chi connectivity index (χ1v) is 10.3. The zero-order chi connectivity index (χ0) is 20.5. The molecule has 0 radical (unpaired) electrons. The van der Waals surface area contributed by atoms with Crippen molar-refractivity contribution in [2.24, 2.45) is 0 Å². The molecule has 2 rings (SSSR count). The number of benzene rings is 2. The molecule has 0 saturated heterocycles. The number of hydrogen-bond acceptors (Lipinski definition) is 4. The summed E-state index contributed by atoms with van der Waals surface area (Å²) in [4.78, 5) is 25.2. The molecule has 2 aromatic carbocycles. The zero-order valence-corrected chi connectivity index (χ0v) is 17.6. The maximum atomic E-state index is 12.6. The molecular weight excluding hydrogens is 372 g/mol. The topological polar surface area (TPSA) is 67.4 Å². The van der Waals surface area contributed by atoms with Gasteiger partial charge in [-0.2, -0.15) is 0 Å². The molecule has 1 atom stereocenters. The highest BCUT2D eigenvalue weighted by Crippen LogP contribution is 2.22. The molecule has 0 aliphatic heterocycles. The number of rotatable bonds is 9. The van der Waals surface area contributed by atoms with Crippen LogP contribution in [0.1, 0.15) is 37.8 Å². The lowest BCUT2D eigenvalue weighted by atomic mass is 10.0. The number of hydrogen-bond donors (Lipinski definition) is 2. The molecule has 2 aromatic rings. The van der Waals surface area contributed by atoms with Crippen LogP contribution in [-0.2, 0) is 16.1 Å². The van der Waals surface area contributed by atoms with Gasteiger partial charge in [0.2, 0.25) is 11.8 Å². The quantitative estimate of drug-likeness (QED) is 0.630. The molecule has 6 heteroatoms. The summed E-state index contributed by atoms with van der Waals surface area (Å²) in [5, 5.41) is 5.64. The molecule has 0 fully saturated rings. The molecular formula is C22H28N2O3S. The second-order valence-electron chi connectivity index (χ2n) is 6.85. The van der Waals surface area contributed by atoms with Gasteiger partial charge in [0.25, 0.3) is 0 Å². The van der Waals surface area contributed by atoms with Gasteiger partial charge in [-0.15, -0.1) is 11.8 Å². The highest BCUT2D eigenvalue weighted by molar-refractivity contribution is 7.99. The Labute approximate surface area is 171 Å². The summed E-state index contributed by atoms with van der Waals surface area (Å²) in [6, 6.07) is 15.2. The normalized spacial score (nSPS) is 11.8. The first-order valence-electron chi connectivity index (χ1n) is 9.29. The van der Waals surface area contributed by atoms with E-state index in [4.69, 9.17) is 4.74 Å². The molecule has 28 heavy (non-hydrogen) atoms. The highest BCUT2D eigenvalue weighted by Gasteiger charge is 2.19. The fraction of sp³-hybridized carbons (Fsp3) is 0.364.